The molecule has 0 aromatic carbocycles. The van der Waals surface area contributed by atoms with Gasteiger partial charge in [-0.1, -0.05) is 13.8 Å². The Morgan fingerprint density at radius 3 is 2.54 bits per heavy atom. The minimum atomic E-state index is -0.0976. The molecule has 10 atom stereocenters. The average Bonchev–Trinajstić information content (AvgIpc) is 3.02. The summed E-state index contributed by atoms with van der Waals surface area (Å²) in [6.45, 7) is 7.51. The van der Waals surface area contributed by atoms with E-state index in [9.17, 15) is 5.11 Å². The van der Waals surface area contributed by atoms with Crippen molar-refractivity contribution in [3.63, 3.8) is 0 Å². The lowest BCUT2D eigenvalue weighted by molar-refractivity contribution is -0.119. The molecule has 0 bridgehead atoms. The first-order chi connectivity index (χ1) is 12.5. The van der Waals surface area contributed by atoms with Crippen molar-refractivity contribution >= 4 is 0 Å². The molecule has 6 aliphatic rings. The van der Waals surface area contributed by atoms with Gasteiger partial charge in [-0.2, -0.15) is 0 Å². The third kappa shape index (κ3) is 2.12. The normalized spacial score (nSPS) is 61.5. The first kappa shape index (κ1) is 16.8. The highest BCUT2D eigenvalue weighted by Gasteiger charge is 2.65. The number of likely N-dealkylation sites (tertiary alicyclic amines) is 1. The predicted octanol–water partition coefficient (Wildman–Crippen LogP) is 3.84. The van der Waals surface area contributed by atoms with Gasteiger partial charge in [0.15, 0.2) is 0 Å². The second kappa shape index (κ2) is 5.48. The van der Waals surface area contributed by atoms with Gasteiger partial charge in [0.1, 0.15) is 0 Å². The summed E-state index contributed by atoms with van der Waals surface area (Å²) in [6.07, 6.45) is 13.1. The zero-order valence-electron chi connectivity index (χ0n) is 16.7. The number of rotatable bonds is 1. The van der Waals surface area contributed by atoms with Gasteiger partial charge in [0.25, 0.3) is 0 Å². The maximum Gasteiger partial charge on any atom is 0.0847 e. The smallest absolute Gasteiger partial charge is 0.0847 e. The van der Waals surface area contributed by atoms with Gasteiger partial charge in [0.05, 0.1) is 18.3 Å². The van der Waals surface area contributed by atoms with Crippen molar-refractivity contribution in [3.8, 4) is 0 Å². The van der Waals surface area contributed by atoms with E-state index in [1.165, 1.54) is 70.9 Å². The standard InChI is InChI=1S/C23H37NO2/c1-22-8-7-16-15(6-5-14-11-19-20(26-19)13-23(14,16)2)17(22)12-18(21(22)25)24-9-3-4-10-24/h14-21,25H,3-13H2,1-2H3/t14?,15?,16?,17?,18-,19+,20-,21?,22?,23+/m1/s1. The van der Waals surface area contributed by atoms with E-state index in [1.54, 1.807) is 0 Å². The van der Waals surface area contributed by atoms with Gasteiger partial charge < -0.3 is 9.84 Å². The molecule has 0 amide bonds. The Kier molecular flexibility index (Phi) is 3.54. The summed E-state index contributed by atoms with van der Waals surface area (Å²) < 4.78 is 5.98. The molecule has 0 spiro atoms. The number of nitrogens with zero attached hydrogens (tertiary/aromatic N) is 1. The highest BCUT2D eigenvalue weighted by atomic mass is 16.6. The van der Waals surface area contributed by atoms with Crippen LogP contribution in [-0.2, 0) is 4.74 Å². The van der Waals surface area contributed by atoms with E-state index in [-0.39, 0.29) is 11.5 Å². The van der Waals surface area contributed by atoms with Crippen LogP contribution in [0.15, 0.2) is 0 Å². The van der Waals surface area contributed by atoms with Gasteiger partial charge in [-0.05, 0) is 105 Å². The molecule has 1 N–H and O–H groups in total. The number of fused-ring (bicyclic) bond motifs is 6. The fourth-order valence-corrected chi connectivity index (χ4v) is 8.93. The Balaban J connectivity index is 1.29. The topological polar surface area (TPSA) is 36.0 Å². The molecule has 6 rings (SSSR count). The molecule has 6 fully saturated rings. The van der Waals surface area contributed by atoms with E-state index in [1.807, 2.05) is 0 Å². The largest absolute Gasteiger partial charge is 0.391 e. The van der Waals surface area contributed by atoms with E-state index in [2.05, 4.69) is 18.7 Å². The van der Waals surface area contributed by atoms with E-state index in [0.29, 0.717) is 23.7 Å². The summed E-state index contributed by atoms with van der Waals surface area (Å²) in [5.74, 6) is 3.39. The molecule has 6 unspecified atom stereocenters. The van der Waals surface area contributed by atoms with Crippen LogP contribution in [0.3, 0.4) is 0 Å². The van der Waals surface area contributed by atoms with Crippen molar-refractivity contribution in [2.75, 3.05) is 13.1 Å². The van der Waals surface area contributed by atoms with Crippen LogP contribution in [0.1, 0.15) is 71.6 Å². The lowest BCUT2D eigenvalue weighted by Gasteiger charge is -2.59. The molecule has 2 heterocycles. The molecule has 4 aliphatic carbocycles. The Bertz CT molecular complexity index is 589. The summed E-state index contributed by atoms with van der Waals surface area (Å²) in [5.41, 5.74) is 0.684. The second-order valence-electron chi connectivity index (χ2n) is 11.3. The maximum absolute atomic E-state index is 11.4. The maximum atomic E-state index is 11.4. The molecule has 2 aliphatic heterocycles. The van der Waals surface area contributed by atoms with Crippen molar-refractivity contribution in [1.82, 2.24) is 4.90 Å². The minimum Gasteiger partial charge on any atom is -0.391 e. The zero-order chi connectivity index (χ0) is 17.7. The first-order valence-corrected chi connectivity index (χ1v) is 11.6. The van der Waals surface area contributed by atoms with E-state index in [4.69, 9.17) is 4.74 Å². The van der Waals surface area contributed by atoms with Crippen LogP contribution in [0.25, 0.3) is 0 Å². The lowest BCUT2D eigenvalue weighted by atomic mass is 9.45. The van der Waals surface area contributed by atoms with Gasteiger partial charge in [0.2, 0.25) is 0 Å². The molecule has 3 heteroatoms. The number of aliphatic hydroxyl groups is 1. The number of hydrogen-bond acceptors (Lipinski definition) is 3. The fraction of sp³-hybridized carbons (Fsp3) is 1.00. The lowest BCUT2D eigenvalue weighted by Crippen LogP contribution is -2.54. The Morgan fingerprint density at radius 2 is 1.73 bits per heavy atom. The number of ether oxygens (including phenoxy) is 1. The molecule has 146 valence electrons. The third-order valence-electron chi connectivity index (χ3n) is 10.5. The number of aliphatic hydroxyl groups excluding tert-OH is 1. The Morgan fingerprint density at radius 1 is 0.923 bits per heavy atom. The van der Waals surface area contributed by atoms with Crippen LogP contribution >= 0.6 is 0 Å². The number of epoxide rings is 1. The summed E-state index contributed by atoms with van der Waals surface area (Å²) >= 11 is 0. The molecule has 3 nitrogen and oxygen atoms in total. The monoisotopic (exact) mass is 359 g/mol. The molecule has 0 radical (unpaired) electrons. The summed E-state index contributed by atoms with van der Waals surface area (Å²) in [5, 5.41) is 11.4. The van der Waals surface area contributed by atoms with Gasteiger partial charge in [-0.15, -0.1) is 0 Å². The molecular formula is C23H37NO2. The van der Waals surface area contributed by atoms with Gasteiger partial charge in [-0.25, -0.2) is 0 Å². The Hall–Kier alpha value is -0.120. The minimum absolute atomic E-state index is 0.0976. The van der Waals surface area contributed by atoms with Crippen LogP contribution in [-0.4, -0.2) is 47.4 Å². The van der Waals surface area contributed by atoms with E-state index >= 15 is 0 Å². The van der Waals surface area contributed by atoms with E-state index in [0.717, 1.165) is 23.7 Å². The quantitative estimate of drug-likeness (QED) is 0.723. The highest BCUT2D eigenvalue weighted by molar-refractivity contribution is 5.15. The van der Waals surface area contributed by atoms with Crippen molar-refractivity contribution in [2.24, 2.45) is 34.5 Å². The van der Waals surface area contributed by atoms with Gasteiger partial charge in [-0.3, -0.25) is 4.90 Å². The second-order valence-corrected chi connectivity index (χ2v) is 11.3. The molecule has 0 aromatic heterocycles. The van der Waals surface area contributed by atoms with Crippen molar-refractivity contribution < 1.29 is 9.84 Å². The Labute approximate surface area is 158 Å². The van der Waals surface area contributed by atoms with Gasteiger partial charge in [0, 0.05) is 6.04 Å². The van der Waals surface area contributed by atoms with Crippen LogP contribution in [0, 0.1) is 34.5 Å². The van der Waals surface area contributed by atoms with Crippen LogP contribution in [0.5, 0.6) is 0 Å². The molecule has 4 saturated carbocycles. The number of hydrogen-bond donors (Lipinski definition) is 1. The molecule has 2 saturated heterocycles. The van der Waals surface area contributed by atoms with Crippen LogP contribution in [0.4, 0.5) is 0 Å². The average molecular weight is 360 g/mol. The summed E-state index contributed by atoms with van der Waals surface area (Å²) in [6, 6.07) is 0.444. The van der Waals surface area contributed by atoms with Crippen LogP contribution < -0.4 is 0 Å². The van der Waals surface area contributed by atoms with Gasteiger partial charge >= 0.3 is 0 Å². The SMILES string of the molecule is CC12CCC3C(CCC4C[C@@H]5O[C@@H]5C[C@@]43C)C1C[C@@H](N1CCCC1)C2O. The summed E-state index contributed by atoms with van der Waals surface area (Å²) in [4.78, 5) is 2.64. The van der Waals surface area contributed by atoms with Crippen LogP contribution in [0.2, 0.25) is 0 Å². The first-order valence-electron chi connectivity index (χ1n) is 11.6. The summed E-state index contributed by atoms with van der Waals surface area (Å²) in [7, 11) is 0. The molecule has 0 aromatic rings. The molecule has 26 heavy (non-hydrogen) atoms. The zero-order valence-corrected chi connectivity index (χ0v) is 16.7. The highest BCUT2D eigenvalue weighted by Crippen LogP contribution is 2.68. The van der Waals surface area contributed by atoms with E-state index < -0.39 is 0 Å². The predicted molar refractivity (Wildman–Crippen MR) is 102 cm³/mol. The molecular weight excluding hydrogens is 322 g/mol. The van der Waals surface area contributed by atoms with Crippen molar-refractivity contribution in [1.29, 1.82) is 0 Å². The third-order valence-corrected chi connectivity index (χ3v) is 10.5. The van der Waals surface area contributed by atoms with Crippen molar-refractivity contribution in [2.45, 2.75) is 96.0 Å². The fourth-order valence-electron chi connectivity index (χ4n) is 8.93. The van der Waals surface area contributed by atoms with Crippen molar-refractivity contribution in [3.05, 3.63) is 0 Å².